The summed E-state index contributed by atoms with van der Waals surface area (Å²) in [5.74, 6) is 0.995. The SMILES string of the molecule is O=c1[nH]c2ccccc2n1C1CCN(c2ncnc3scc(-c4ccccc4)c23)CC1. The van der Waals surface area contributed by atoms with Gasteiger partial charge in [-0.3, -0.25) is 4.57 Å². The fraction of sp³-hybridized carbons (Fsp3) is 0.208. The molecule has 6 rings (SSSR count). The van der Waals surface area contributed by atoms with Crippen molar-refractivity contribution in [2.24, 2.45) is 0 Å². The van der Waals surface area contributed by atoms with Crippen molar-refractivity contribution in [3.8, 4) is 11.1 Å². The number of para-hydroxylation sites is 2. The van der Waals surface area contributed by atoms with Gasteiger partial charge >= 0.3 is 5.69 Å². The number of fused-ring (bicyclic) bond motifs is 2. The molecule has 31 heavy (non-hydrogen) atoms. The number of hydrogen-bond donors (Lipinski definition) is 1. The lowest BCUT2D eigenvalue weighted by Gasteiger charge is -2.33. The lowest BCUT2D eigenvalue weighted by molar-refractivity contribution is 0.396. The van der Waals surface area contributed by atoms with Crippen LogP contribution in [0.25, 0.3) is 32.4 Å². The summed E-state index contributed by atoms with van der Waals surface area (Å²) in [6.07, 6.45) is 3.47. The maximum atomic E-state index is 12.6. The van der Waals surface area contributed by atoms with Crippen molar-refractivity contribution >= 4 is 38.4 Å². The molecule has 1 fully saturated rings. The van der Waals surface area contributed by atoms with Gasteiger partial charge in [-0.2, -0.15) is 0 Å². The van der Waals surface area contributed by atoms with E-state index in [0.717, 1.165) is 53.0 Å². The van der Waals surface area contributed by atoms with Crippen LogP contribution in [0, 0.1) is 0 Å². The van der Waals surface area contributed by atoms with E-state index in [1.54, 1.807) is 17.7 Å². The van der Waals surface area contributed by atoms with Gasteiger partial charge in [-0.1, -0.05) is 42.5 Å². The molecule has 0 spiro atoms. The quantitative estimate of drug-likeness (QED) is 0.447. The van der Waals surface area contributed by atoms with Gasteiger partial charge in [-0.05, 0) is 30.5 Å². The van der Waals surface area contributed by atoms with Gasteiger partial charge in [0.05, 0.1) is 16.4 Å². The summed E-state index contributed by atoms with van der Waals surface area (Å²) in [7, 11) is 0. The summed E-state index contributed by atoms with van der Waals surface area (Å²) in [4.78, 5) is 28.2. The highest BCUT2D eigenvalue weighted by atomic mass is 32.1. The molecule has 0 amide bonds. The number of thiophene rings is 1. The maximum Gasteiger partial charge on any atom is 0.326 e. The molecule has 6 nitrogen and oxygen atoms in total. The van der Waals surface area contributed by atoms with Crippen molar-refractivity contribution in [3.63, 3.8) is 0 Å². The third-order valence-corrected chi connectivity index (χ3v) is 7.07. The van der Waals surface area contributed by atoms with Crippen LogP contribution < -0.4 is 10.6 Å². The third kappa shape index (κ3) is 3.04. The van der Waals surface area contributed by atoms with Crippen molar-refractivity contribution in [2.75, 3.05) is 18.0 Å². The predicted molar refractivity (Wildman–Crippen MR) is 126 cm³/mol. The van der Waals surface area contributed by atoms with Crippen molar-refractivity contribution < 1.29 is 0 Å². The number of anilines is 1. The molecule has 0 radical (unpaired) electrons. The maximum absolute atomic E-state index is 12.6. The number of nitrogens with zero attached hydrogens (tertiary/aromatic N) is 4. The van der Waals surface area contributed by atoms with Gasteiger partial charge < -0.3 is 9.88 Å². The summed E-state index contributed by atoms with van der Waals surface area (Å²) in [5, 5.41) is 3.30. The van der Waals surface area contributed by atoms with Gasteiger partial charge in [0, 0.05) is 30.1 Å². The molecule has 3 aromatic heterocycles. The molecule has 154 valence electrons. The largest absolute Gasteiger partial charge is 0.356 e. The van der Waals surface area contributed by atoms with E-state index in [4.69, 9.17) is 4.98 Å². The van der Waals surface area contributed by atoms with Gasteiger partial charge in [0.15, 0.2) is 0 Å². The molecule has 0 aliphatic carbocycles. The Balaban J connectivity index is 1.33. The fourth-order valence-corrected chi connectivity index (χ4v) is 5.61. The van der Waals surface area contributed by atoms with Gasteiger partial charge in [0.1, 0.15) is 17.0 Å². The second-order valence-corrected chi connectivity index (χ2v) is 8.79. The Labute approximate surface area is 182 Å². The predicted octanol–water partition coefficient (Wildman–Crippen LogP) is 4.84. The lowest BCUT2D eigenvalue weighted by Crippen LogP contribution is -2.37. The first kappa shape index (κ1) is 18.3. The number of aromatic amines is 1. The third-order valence-electron chi connectivity index (χ3n) is 6.19. The Morgan fingerprint density at radius 3 is 2.58 bits per heavy atom. The molecule has 0 unspecified atom stereocenters. The molecule has 4 heterocycles. The smallest absolute Gasteiger partial charge is 0.326 e. The number of piperidine rings is 1. The average molecular weight is 428 g/mol. The number of nitrogens with one attached hydrogen (secondary N) is 1. The van der Waals surface area contributed by atoms with E-state index >= 15 is 0 Å². The van der Waals surface area contributed by atoms with Crippen LogP contribution >= 0.6 is 11.3 Å². The fourth-order valence-electron chi connectivity index (χ4n) is 4.70. The van der Waals surface area contributed by atoms with Crippen LogP contribution in [0.5, 0.6) is 0 Å². The molecule has 7 heteroatoms. The molecule has 0 atom stereocenters. The van der Waals surface area contributed by atoms with E-state index in [9.17, 15) is 4.79 Å². The van der Waals surface area contributed by atoms with E-state index in [0.29, 0.717) is 0 Å². The number of rotatable bonds is 3. The first-order valence-electron chi connectivity index (χ1n) is 10.5. The number of aromatic nitrogens is 4. The van der Waals surface area contributed by atoms with Crippen LogP contribution in [-0.4, -0.2) is 32.6 Å². The molecule has 1 saturated heterocycles. The molecule has 0 saturated carbocycles. The Morgan fingerprint density at radius 1 is 0.968 bits per heavy atom. The average Bonchev–Trinajstić information content (AvgIpc) is 3.40. The zero-order valence-corrected chi connectivity index (χ0v) is 17.7. The molecule has 1 aliphatic rings. The monoisotopic (exact) mass is 427 g/mol. The van der Waals surface area contributed by atoms with Crippen LogP contribution in [0.2, 0.25) is 0 Å². The molecule has 2 aromatic carbocycles. The highest BCUT2D eigenvalue weighted by Gasteiger charge is 2.26. The highest BCUT2D eigenvalue weighted by Crippen LogP contribution is 2.39. The van der Waals surface area contributed by atoms with Crippen LogP contribution in [0.1, 0.15) is 18.9 Å². The summed E-state index contributed by atoms with van der Waals surface area (Å²) < 4.78 is 1.93. The summed E-state index contributed by atoms with van der Waals surface area (Å²) >= 11 is 1.66. The topological polar surface area (TPSA) is 66.8 Å². The second kappa shape index (κ2) is 7.35. The van der Waals surface area contributed by atoms with Gasteiger partial charge in [0.2, 0.25) is 0 Å². The Morgan fingerprint density at radius 2 is 1.74 bits per heavy atom. The van der Waals surface area contributed by atoms with Crippen LogP contribution in [-0.2, 0) is 0 Å². The van der Waals surface area contributed by atoms with Crippen LogP contribution in [0.4, 0.5) is 5.82 Å². The summed E-state index contributed by atoms with van der Waals surface area (Å²) in [6.45, 7) is 1.71. The van der Waals surface area contributed by atoms with E-state index in [1.807, 2.05) is 34.9 Å². The number of benzene rings is 2. The van der Waals surface area contributed by atoms with Crippen molar-refractivity contribution in [1.82, 2.24) is 19.5 Å². The Bertz CT molecular complexity index is 1430. The first-order chi connectivity index (χ1) is 15.3. The zero-order valence-electron chi connectivity index (χ0n) is 16.9. The van der Waals surface area contributed by atoms with E-state index < -0.39 is 0 Å². The van der Waals surface area contributed by atoms with Gasteiger partial charge in [-0.15, -0.1) is 11.3 Å². The summed E-state index contributed by atoms with van der Waals surface area (Å²) in [5.41, 5.74) is 4.24. The lowest BCUT2D eigenvalue weighted by atomic mass is 10.0. The van der Waals surface area contributed by atoms with E-state index in [1.165, 1.54) is 11.1 Å². The molecular weight excluding hydrogens is 406 g/mol. The zero-order chi connectivity index (χ0) is 20.8. The highest BCUT2D eigenvalue weighted by molar-refractivity contribution is 7.17. The first-order valence-corrected chi connectivity index (χ1v) is 11.4. The van der Waals surface area contributed by atoms with Gasteiger partial charge in [0.25, 0.3) is 0 Å². The number of imidazole rings is 1. The van der Waals surface area contributed by atoms with Crippen LogP contribution in [0.3, 0.4) is 0 Å². The minimum Gasteiger partial charge on any atom is -0.356 e. The van der Waals surface area contributed by atoms with Crippen molar-refractivity contribution in [3.05, 3.63) is 76.8 Å². The minimum atomic E-state index is -0.0201. The molecular formula is C24H21N5OS. The van der Waals surface area contributed by atoms with Crippen LogP contribution in [0.15, 0.2) is 71.1 Å². The second-order valence-electron chi connectivity index (χ2n) is 7.93. The molecule has 1 aliphatic heterocycles. The molecule has 5 aromatic rings. The number of H-pyrrole nitrogens is 1. The van der Waals surface area contributed by atoms with Crippen molar-refractivity contribution in [2.45, 2.75) is 18.9 Å². The summed E-state index contributed by atoms with van der Waals surface area (Å²) in [6, 6.07) is 18.5. The normalized spacial score (nSPS) is 15.2. The minimum absolute atomic E-state index is 0.0201. The standard InChI is InChI=1S/C24H21N5OS/c30-24-27-19-8-4-5-9-20(19)29(24)17-10-12-28(13-11-17)22-21-18(16-6-2-1-3-7-16)14-31-23(21)26-15-25-22/h1-9,14-15,17H,10-13H2,(H,27,30). The Kier molecular flexibility index (Phi) is 4.35. The molecule has 0 bridgehead atoms. The van der Waals surface area contributed by atoms with Gasteiger partial charge in [-0.25, -0.2) is 14.8 Å². The molecule has 1 N–H and O–H groups in total. The Hall–Kier alpha value is -3.45. The van der Waals surface area contributed by atoms with E-state index in [-0.39, 0.29) is 11.7 Å². The van der Waals surface area contributed by atoms with E-state index in [2.05, 4.69) is 44.5 Å². The van der Waals surface area contributed by atoms with Crippen molar-refractivity contribution in [1.29, 1.82) is 0 Å². The number of hydrogen-bond acceptors (Lipinski definition) is 5.